The number of carbonyl (C=O) groups is 2. The Hall–Kier alpha value is -2.63. The highest BCUT2D eigenvalue weighted by molar-refractivity contribution is 5.87. The number of amides is 1. The third-order valence-corrected chi connectivity index (χ3v) is 5.01. The summed E-state index contributed by atoms with van der Waals surface area (Å²) in [5, 5.41) is 16.1. The number of rotatable bonds is 4. The molecule has 0 spiro atoms. The molecule has 0 radical (unpaired) electrons. The van der Waals surface area contributed by atoms with E-state index in [0.29, 0.717) is 18.5 Å². The van der Waals surface area contributed by atoms with Gasteiger partial charge in [-0.1, -0.05) is 12.1 Å². The molecule has 0 aliphatic carbocycles. The van der Waals surface area contributed by atoms with Crippen LogP contribution < -0.4 is 0 Å². The molecule has 3 rings (SSSR count). The van der Waals surface area contributed by atoms with E-state index < -0.39 is 5.97 Å². The maximum absolute atomic E-state index is 12.7. The van der Waals surface area contributed by atoms with Crippen LogP contribution >= 0.6 is 0 Å². The van der Waals surface area contributed by atoms with Gasteiger partial charge in [0.05, 0.1) is 17.7 Å². The normalized spacial score (nSPS) is 17.5. The average molecular weight is 341 g/mol. The summed E-state index contributed by atoms with van der Waals surface area (Å²) in [7, 11) is 0. The van der Waals surface area contributed by atoms with Crippen molar-refractivity contribution in [3.8, 4) is 0 Å². The lowest BCUT2D eigenvalue weighted by Crippen LogP contribution is -2.40. The molecule has 25 heavy (non-hydrogen) atoms. The fraction of sp³-hybridized carbons (Fsp3) is 0.421. The van der Waals surface area contributed by atoms with Crippen molar-refractivity contribution in [3.05, 3.63) is 52.3 Å². The number of H-pyrrole nitrogens is 1. The van der Waals surface area contributed by atoms with Crippen LogP contribution in [0.25, 0.3) is 0 Å². The van der Waals surface area contributed by atoms with Crippen molar-refractivity contribution < 1.29 is 14.7 Å². The number of likely N-dealkylation sites (tertiary alicyclic amines) is 1. The number of hydrogen-bond donors (Lipinski definition) is 2. The summed E-state index contributed by atoms with van der Waals surface area (Å²) < 4.78 is 0. The lowest BCUT2D eigenvalue weighted by atomic mass is 9.90. The highest BCUT2D eigenvalue weighted by Crippen LogP contribution is 2.27. The molecular formula is C19H23N3O3. The number of piperidine rings is 1. The van der Waals surface area contributed by atoms with E-state index in [0.717, 1.165) is 41.9 Å². The van der Waals surface area contributed by atoms with E-state index in [-0.39, 0.29) is 11.8 Å². The van der Waals surface area contributed by atoms with Crippen LogP contribution in [-0.2, 0) is 11.2 Å². The lowest BCUT2D eigenvalue weighted by Gasteiger charge is -2.33. The van der Waals surface area contributed by atoms with E-state index in [9.17, 15) is 9.59 Å². The summed E-state index contributed by atoms with van der Waals surface area (Å²) in [6.07, 6.45) is 2.35. The molecule has 1 amide bonds. The van der Waals surface area contributed by atoms with E-state index in [1.807, 2.05) is 30.9 Å². The molecule has 1 atom stereocenters. The number of aromatic amines is 1. The van der Waals surface area contributed by atoms with Gasteiger partial charge in [0.1, 0.15) is 0 Å². The van der Waals surface area contributed by atoms with Gasteiger partial charge in [-0.2, -0.15) is 5.10 Å². The van der Waals surface area contributed by atoms with E-state index in [4.69, 9.17) is 5.11 Å². The third-order valence-electron chi connectivity index (χ3n) is 5.01. The number of aromatic carboxylic acids is 1. The maximum Gasteiger partial charge on any atom is 0.335 e. The number of carboxylic acid groups (broad SMARTS) is 1. The van der Waals surface area contributed by atoms with Gasteiger partial charge in [0, 0.05) is 30.3 Å². The molecule has 2 N–H and O–H groups in total. The number of benzene rings is 1. The standard InChI is InChI=1S/C19H23N3O3/c1-12-17(13(2)21-20-12)10-18(23)22-9-3-4-16(11-22)14-5-7-15(8-6-14)19(24)25/h5-8,16H,3-4,9-11H2,1-2H3,(H,20,21)(H,24,25)/t16-/m1/s1. The molecule has 2 heterocycles. The number of nitrogens with one attached hydrogen (secondary N) is 1. The summed E-state index contributed by atoms with van der Waals surface area (Å²) in [5.41, 5.74) is 4.20. The second kappa shape index (κ2) is 7.09. The summed E-state index contributed by atoms with van der Waals surface area (Å²) >= 11 is 0. The first-order chi connectivity index (χ1) is 12.0. The minimum absolute atomic E-state index is 0.124. The topological polar surface area (TPSA) is 86.3 Å². The molecule has 2 aromatic rings. The fourth-order valence-electron chi connectivity index (χ4n) is 3.47. The monoisotopic (exact) mass is 341 g/mol. The number of hydrogen-bond acceptors (Lipinski definition) is 3. The minimum Gasteiger partial charge on any atom is -0.478 e. The van der Waals surface area contributed by atoms with Gasteiger partial charge < -0.3 is 10.0 Å². The first-order valence-electron chi connectivity index (χ1n) is 8.57. The molecule has 1 fully saturated rings. The van der Waals surface area contributed by atoms with Crippen molar-refractivity contribution in [2.24, 2.45) is 0 Å². The zero-order valence-electron chi connectivity index (χ0n) is 14.6. The quantitative estimate of drug-likeness (QED) is 0.895. The molecule has 132 valence electrons. The first kappa shape index (κ1) is 17.2. The van der Waals surface area contributed by atoms with Crippen LogP contribution in [0.2, 0.25) is 0 Å². The number of carboxylic acids is 1. The minimum atomic E-state index is -0.919. The second-order valence-electron chi connectivity index (χ2n) is 6.70. The SMILES string of the molecule is Cc1n[nH]c(C)c1CC(=O)N1CCC[C@@H](c2ccc(C(=O)O)cc2)C1. The van der Waals surface area contributed by atoms with Crippen molar-refractivity contribution in [1.29, 1.82) is 0 Å². The number of aromatic nitrogens is 2. The zero-order chi connectivity index (χ0) is 18.0. The van der Waals surface area contributed by atoms with Crippen LogP contribution in [0.1, 0.15) is 51.6 Å². The van der Waals surface area contributed by atoms with Gasteiger partial charge in [-0.3, -0.25) is 9.89 Å². The number of carbonyl (C=O) groups excluding carboxylic acids is 1. The molecule has 1 saturated heterocycles. The average Bonchev–Trinajstić information content (AvgIpc) is 2.94. The summed E-state index contributed by atoms with van der Waals surface area (Å²) in [4.78, 5) is 25.6. The van der Waals surface area contributed by atoms with Crippen molar-refractivity contribution >= 4 is 11.9 Å². The Bertz CT molecular complexity index is 760. The van der Waals surface area contributed by atoms with Crippen LogP contribution in [0.3, 0.4) is 0 Å². The smallest absolute Gasteiger partial charge is 0.335 e. The highest BCUT2D eigenvalue weighted by Gasteiger charge is 2.25. The first-order valence-corrected chi connectivity index (χ1v) is 8.57. The number of aryl methyl sites for hydroxylation is 2. The zero-order valence-corrected chi connectivity index (χ0v) is 14.6. The largest absolute Gasteiger partial charge is 0.478 e. The van der Waals surface area contributed by atoms with Gasteiger partial charge in [-0.15, -0.1) is 0 Å². The Kier molecular flexibility index (Phi) is 4.88. The van der Waals surface area contributed by atoms with E-state index in [1.165, 1.54) is 0 Å². The third kappa shape index (κ3) is 3.73. The molecule has 1 aromatic heterocycles. The van der Waals surface area contributed by atoms with Gasteiger partial charge >= 0.3 is 5.97 Å². The molecule has 0 bridgehead atoms. The summed E-state index contributed by atoms with van der Waals surface area (Å²) in [5.74, 6) is -0.538. The van der Waals surface area contributed by atoms with Crippen LogP contribution in [0.5, 0.6) is 0 Å². The predicted octanol–water partition coefficient (Wildman–Crippen LogP) is 2.67. The van der Waals surface area contributed by atoms with Gasteiger partial charge in [-0.05, 0) is 44.4 Å². The van der Waals surface area contributed by atoms with Crippen molar-refractivity contribution in [1.82, 2.24) is 15.1 Å². The van der Waals surface area contributed by atoms with E-state index >= 15 is 0 Å². The molecule has 1 aromatic carbocycles. The Morgan fingerprint density at radius 3 is 2.60 bits per heavy atom. The Morgan fingerprint density at radius 1 is 1.28 bits per heavy atom. The van der Waals surface area contributed by atoms with Crippen molar-refractivity contribution in [2.45, 2.75) is 39.0 Å². The van der Waals surface area contributed by atoms with E-state index in [1.54, 1.807) is 12.1 Å². The summed E-state index contributed by atoms with van der Waals surface area (Å²) in [6.45, 7) is 5.31. The molecule has 1 aliphatic heterocycles. The molecule has 6 nitrogen and oxygen atoms in total. The molecule has 1 aliphatic rings. The molecule has 0 unspecified atom stereocenters. The van der Waals surface area contributed by atoms with Gasteiger partial charge in [0.2, 0.25) is 5.91 Å². The van der Waals surface area contributed by atoms with E-state index in [2.05, 4.69) is 10.2 Å². The van der Waals surface area contributed by atoms with Gasteiger partial charge in [0.25, 0.3) is 0 Å². The van der Waals surface area contributed by atoms with Crippen LogP contribution in [0.4, 0.5) is 0 Å². The van der Waals surface area contributed by atoms with Gasteiger partial charge in [-0.25, -0.2) is 4.79 Å². The molecule has 6 heteroatoms. The molecular weight excluding hydrogens is 318 g/mol. The second-order valence-corrected chi connectivity index (χ2v) is 6.70. The van der Waals surface area contributed by atoms with Gasteiger partial charge in [0.15, 0.2) is 0 Å². The molecule has 0 saturated carbocycles. The fourth-order valence-corrected chi connectivity index (χ4v) is 3.47. The Morgan fingerprint density at radius 2 is 2.00 bits per heavy atom. The Labute approximate surface area is 146 Å². The van der Waals surface area contributed by atoms with Crippen LogP contribution in [-0.4, -0.2) is 45.2 Å². The highest BCUT2D eigenvalue weighted by atomic mass is 16.4. The van der Waals surface area contributed by atoms with Crippen molar-refractivity contribution in [2.75, 3.05) is 13.1 Å². The van der Waals surface area contributed by atoms with Crippen LogP contribution in [0, 0.1) is 13.8 Å². The van der Waals surface area contributed by atoms with Crippen molar-refractivity contribution in [3.63, 3.8) is 0 Å². The number of nitrogens with zero attached hydrogens (tertiary/aromatic N) is 2. The predicted molar refractivity (Wildman–Crippen MR) is 93.7 cm³/mol. The summed E-state index contributed by atoms with van der Waals surface area (Å²) in [6, 6.07) is 7.01. The maximum atomic E-state index is 12.7. The lowest BCUT2D eigenvalue weighted by molar-refractivity contribution is -0.131. The Balaban J connectivity index is 1.68. The van der Waals surface area contributed by atoms with Crippen LogP contribution in [0.15, 0.2) is 24.3 Å².